The van der Waals surface area contributed by atoms with Crippen molar-refractivity contribution < 1.29 is 0 Å². The first-order valence-electron chi connectivity index (χ1n) is 11.2. The molecule has 0 atom stereocenters. The lowest BCUT2D eigenvalue weighted by molar-refractivity contribution is 1.02. The van der Waals surface area contributed by atoms with Gasteiger partial charge in [-0.2, -0.15) is 0 Å². The van der Waals surface area contributed by atoms with Gasteiger partial charge >= 0.3 is 0 Å². The molecule has 1 heterocycles. The minimum Gasteiger partial charge on any atom is -0.385 e. The van der Waals surface area contributed by atoms with Crippen LogP contribution in [-0.2, 0) is 0 Å². The number of anilines is 2. The zero-order valence-electron chi connectivity index (χ0n) is 20.2. The summed E-state index contributed by atoms with van der Waals surface area (Å²) in [6, 6.07) is 19.6. The Morgan fingerprint density at radius 2 is 1.03 bits per heavy atom. The summed E-state index contributed by atoms with van der Waals surface area (Å²) in [7, 11) is 2.01. The molecule has 3 nitrogen and oxygen atoms in total. The van der Waals surface area contributed by atoms with Crippen molar-refractivity contribution in [2.24, 2.45) is 0 Å². The van der Waals surface area contributed by atoms with Gasteiger partial charge in [0.05, 0.1) is 17.1 Å². The molecule has 3 aromatic rings. The van der Waals surface area contributed by atoms with Gasteiger partial charge in [-0.3, -0.25) is 9.80 Å². The zero-order chi connectivity index (χ0) is 23.0. The predicted molar refractivity (Wildman–Crippen MR) is 138 cm³/mol. The summed E-state index contributed by atoms with van der Waals surface area (Å²) in [4.78, 5) is 4.67. The normalized spacial score (nSPS) is 13.2. The smallest absolute Gasteiger partial charge is 0.146 e. The highest BCUT2D eigenvalue weighted by Crippen LogP contribution is 2.41. The van der Waals surface area contributed by atoms with Crippen molar-refractivity contribution in [1.29, 1.82) is 0 Å². The number of hydrogen-bond donors (Lipinski definition) is 1. The maximum absolute atomic E-state index is 3.52. The summed E-state index contributed by atoms with van der Waals surface area (Å²) >= 11 is 0. The highest BCUT2D eigenvalue weighted by molar-refractivity contribution is 5.84. The largest absolute Gasteiger partial charge is 0.385 e. The number of nitrogens with zero attached hydrogens (tertiary/aromatic N) is 2. The maximum Gasteiger partial charge on any atom is 0.146 e. The molecule has 4 rings (SSSR count). The van der Waals surface area contributed by atoms with Gasteiger partial charge in [0.2, 0.25) is 0 Å². The molecule has 0 saturated carbocycles. The number of benzene rings is 3. The Bertz CT molecular complexity index is 1100. The molecule has 164 valence electrons. The molecule has 1 N–H and O–H groups in total. The molecule has 0 unspecified atom stereocenters. The van der Waals surface area contributed by atoms with Crippen molar-refractivity contribution in [2.45, 2.75) is 41.5 Å². The minimum absolute atomic E-state index is 1.09. The van der Waals surface area contributed by atoms with E-state index >= 15 is 0 Å². The molecular weight excluding hydrogens is 390 g/mol. The van der Waals surface area contributed by atoms with E-state index in [0.29, 0.717) is 0 Å². The molecule has 0 aromatic heterocycles. The van der Waals surface area contributed by atoms with Crippen LogP contribution in [0.1, 0.15) is 38.9 Å². The molecule has 0 saturated heterocycles. The topological polar surface area (TPSA) is 18.5 Å². The number of rotatable bonds is 4. The van der Waals surface area contributed by atoms with E-state index in [0.717, 1.165) is 17.1 Å². The van der Waals surface area contributed by atoms with Crippen LogP contribution in [0.3, 0.4) is 0 Å². The van der Waals surface area contributed by atoms with Gasteiger partial charge in [-0.1, -0.05) is 65.7 Å². The molecule has 0 amide bonds. The van der Waals surface area contributed by atoms with E-state index in [4.69, 9.17) is 0 Å². The van der Waals surface area contributed by atoms with E-state index < -0.39 is 0 Å². The zero-order valence-corrected chi connectivity index (χ0v) is 20.2. The van der Waals surface area contributed by atoms with E-state index in [-0.39, 0.29) is 0 Å². The van der Waals surface area contributed by atoms with Crippen molar-refractivity contribution in [2.75, 3.05) is 16.8 Å². The first kappa shape index (κ1) is 21.8. The summed E-state index contributed by atoms with van der Waals surface area (Å²) in [5, 5.41) is 3.52. The predicted octanol–water partition coefficient (Wildman–Crippen LogP) is 6.88. The first-order chi connectivity index (χ1) is 15.3. The average Bonchev–Trinajstić information content (AvgIpc) is 3.12. The van der Waals surface area contributed by atoms with Gasteiger partial charge in [0.25, 0.3) is 0 Å². The Hall–Kier alpha value is -3.46. The molecule has 1 aliphatic rings. The number of hydrogen-bond acceptors (Lipinski definition) is 3. The van der Waals surface area contributed by atoms with E-state index in [1.165, 1.54) is 44.8 Å². The molecule has 1 aliphatic heterocycles. The summed E-state index contributed by atoms with van der Waals surface area (Å²) < 4.78 is 0. The van der Waals surface area contributed by atoms with Gasteiger partial charge in [-0.15, -0.1) is 0 Å². The molecule has 0 radical (unpaired) electrons. The van der Waals surface area contributed by atoms with Crippen LogP contribution in [0.25, 0.3) is 5.70 Å². The van der Waals surface area contributed by atoms with Gasteiger partial charge in [0.15, 0.2) is 0 Å². The standard InChI is InChI=1S/C29H33N3/c1-19-15-21(3)27(22(4)16-19)31-13-14-32(28-23(5)17-20(2)18-24(28)6)29(31)26(30-7)25-11-9-8-10-12-25/h8-18,30H,1-7H3. The maximum atomic E-state index is 3.52. The van der Waals surface area contributed by atoms with E-state index in [9.17, 15) is 0 Å². The SMILES string of the molecule is CNC(=C1N(c2c(C)cc(C)cc2C)C=CN1c1c(C)cc(C)cc1C)c1ccccc1. The number of nitrogens with one attached hydrogen (secondary N) is 1. The Morgan fingerprint density at radius 1 is 0.625 bits per heavy atom. The second-order valence-electron chi connectivity index (χ2n) is 8.85. The van der Waals surface area contributed by atoms with E-state index in [1.807, 2.05) is 7.05 Å². The van der Waals surface area contributed by atoms with Crippen molar-refractivity contribution in [3.8, 4) is 0 Å². The lowest BCUT2D eigenvalue weighted by atomic mass is 10.0. The van der Waals surface area contributed by atoms with E-state index in [2.05, 4.69) is 124 Å². The van der Waals surface area contributed by atoms with Crippen LogP contribution in [0.4, 0.5) is 11.4 Å². The van der Waals surface area contributed by atoms with Gasteiger partial charge in [0.1, 0.15) is 5.82 Å². The fraction of sp³-hybridized carbons (Fsp3) is 0.241. The highest BCUT2D eigenvalue weighted by atomic mass is 15.4. The van der Waals surface area contributed by atoms with Crippen molar-refractivity contribution in [3.05, 3.63) is 112 Å². The van der Waals surface area contributed by atoms with Crippen LogP contribution < -0.4 is 15.1 Å². The van der Waals surface area contributed by atoms with Crippen LogP contribution in [0.2, 0.25) is 0 Å². The Morgan fingerprint density at radius 3 is 1.41 bits per heavy atom. The van der Waals surface area contributed by atoms with Crippen LogP contribution in [-0.4, -0.2) is 7.05 Å². The third-order valence-electron chi connectivity index (χ3n) is 6.11. The number of aryl methyl sites for hydroxylation is 6. The van der Waals surface area contributed by atoms with Crippen LogP contribution in [0.15, 0.2) is 72.8 Å². The highest BCUT2D eigenvalue weighted by Gasteiger charge is 2.30. The molecule has 3 heteroatoms. The summed E-state index contributed by atoms with van der Waals surface area (Å²) in [6.45, 7) is 13.1. The summed E-state index contributed by atoms with van der Waals surface area (Å²) in [5.74, 6) is 1.11. The minimum atomic E-state index is 1.09. The van der Waals surface area contributed by atoms with Crippen LogP contribution in [0.5, 0.6) is 0 Å². The fourth-order valence-corrected chi connectivity index (χ4v) is 5.09. The first-order valence-corrected chi connectivity index (χ1v) is 11.2. The lowest BCUT2D eigenvalue weighted by Gasteiger charge is -2.32. The van der Waals surface area contributed by atoms with Gasteiger partial charge < -0.3 is 5.32 Å². The third-order valence-corrected chi connectivity index (χ3v) is 6.11. The van der Waals surface area contributed by atoms with Gasteiger partial charge in [0, 0.05) is 25.0 Å². The van der Waals surface area contributed by atoms with Crippen molar-refractivity contribution in [3.63, 3.8) is 0 Å². The lowest BCUT2D eigenvalue weighted by Crippen LogP contribution is -2.29. The van der Waals surface area contributed by atoms with Crippen molar-refractivity contribution >= 4 is 17.1 Å². The Labute approximate surface area is 192 Å². The van der Waals surface area contributed by atoms with E-state index in [1.54, 1.807) is 0 Å². The molecule has 32 heavy (non-hydrogen) atoms. The average molecular weight is 424 g/mol. The van der Waals surface area contributed by atoms with Gasteiger partial charge in [-0.05, 0) is 63.8 Å². The Kier molecular flexibility index (Phi) is 5.84. The van der Waals surface area contributed by atoms with Gasteiger partial charge in [-0.25, -0.2) is 0 Å². The third kappa shape index (κ3) is 3.80. The molecule has 3 aromatic carbocycles. The Balaban J connectivity index is 2.00. The van der Waals surface area contributed by atoms with Crippen LogP contribution in [0, 0.1) is 41.5 Å². The molecular formula is C29H33N3. The molecule has 0 spiro atoms. The fourth-order valence-electron chi connectivity index (χ4n) is 5.09. The van der Waals surface area contributed by atoms with Crippen molar-refractivity contribution in [1.82, 2.24) is 5.32 Å². The molecule has 0 fully saturated rings. The summed E-state index contributed by atoms with van der Waals surface area (Å²) in [6.07, 6.45) is 4.39. The summed E-state index contributed by atoms with van der Waals surface area (Å²) in [5.41, 5.74) is 12.4. The second kappa shape index (κ2) is 8.58. The monoisotopic (exact) mass is 423 g/mol. The molecule has 0 bridgehead atoms. The van der Waals surface area contributed by atoms with Crippen LogP contribution >= 0.6 is 0 Å². The second-order valence-corrected chi connectivity index (χ2v) is 8.85. The molecule has 0 aliphatic carbocycles. The quantitative estimate of drug-likeness (QED) is 0.493.